The number of esters is 1. The van der Waals surface area contributed by atoms with Crippen LogP contribution in [0.15, 0.2) is 24.3 Å². The molecule has 0 spiro atoms. The number of ether oxygens (including phenoxy) is 2. The maximum atomic E-state index is 13.8. The van der Waals surface area contributed by atoms with Gasteiger partial charge in [-0.05, 0) is 25.0 Å². The Morgan fingerprint density at radius 1 is 1.19 bits per heavy atom. The van der Waals surface area contributed by atoms with Crippen LogP contribution in [0.1, 0.15) is 38.5 Å². The first-order chi connectivity index (χ1) is 12.6. The van der Waals surface area contributed by atoms with Gasteiger partial charge in [-0.25, -0.2) is 14.0 Å². The fourth-order valence-corrected chi connectivity index (χ4v) is 3.69. The van der Waals surface area contributed by atoms with Crippen molar-refractivity contribution in [1.29, 1.82) is 0 Å². The molecular weight excluding hydrogens is 339 g/mol. The van der Waals surface area contributed by atoms with E-state index in [2.05, 4.69) is 5.32 Å². The van der Waals surface area contributed by atoms with Crippen LogP contribution in [0.25, 0.3) is 0 Å². The smallest absolute Gasteiger partial charge is 0.328 e. The molecule has 1 saturated carbocycles. The number of benzene rings is 1. The highest BCUT2D eigenvalue weighted by Crippen LogP contribution is 2.26. The average Bonchev–Trinajstić information content (AvgIpc) is 3.08. The van der Waals surface area contributed by atoms with Crippen molar-refractivity contribution in [2.45, 2.75) is 56.7 Å². The Labute approximate surface area is 152 Å². The summed E-state index contributed by atoms with van der Waals surface area (Å²) < 4.78 is 24.4. The van der Waals surface area contributed by atoms with Crippen molar-refractivity contribution in [1.82, 2.24) is 10.2 Å². The van der Waals surface area contributed by atoms with E-state index < -0.39 is 23.9 Å². The standard InChI is InChI=1S/C19H25FN2O4/c1-25-18(23)16-11-14(26-17-10-6-5-9-15(17)20)12-22(16)19(24)21-13-7-3-2-4-8-13/h5-6,9-10,13-14,16H,2-4,7-8,11-12H2,1H3,(H,21,24). The van der Waals surface area contributed by atoms with E-state index in [1.165, 1.54) is 30.6 Å². The predicted molar refractivity (Wildman–Crippen MR) is 93.3 cm³/mol. The zero-order chi connectivity index (χ0) is 18.5. The number of halogens is 1. The van der Waals surface area contributed by atoms with Gasteiger partial charge in [0, 0.05) is 12.5 Å². The number of nitrogens with one attached hydrogen (secondary N) is 1. The fraction of sp³-hybridized carbons (Fsp3) is 0.579. The summed E-state index contributed by atoms with van der Waals surface area (Å²) in [5.74, 6) is -0.827. The van der Waals surface area contributed by atoms with E-state index in [-0.39, 0.29) is 30.8 Å². The van der Waals surface area contributed by atoms with Crippen molar-refractivity contribution >= 4 is 12.0 Å². The van der Waals surface area contributed by atoms with Crippen LogP contribution in [0.3, 0.4) is 0 Å². The van der Waals surface area contributed by atoms with Crippen LogP contribution in [0.5, 0.6) is 5.75 Å². The number of nitrogens with zero attached hydrogens (tertiary/aromatic N) is 1. The molecule has 2 aliphatic rings. The zero-order valence-electron chi connectivity index (χ0n) is 14.9. The summed E-state index contributed by atoms with van der Waals surface area (Å²) in [6.07, 6.45) is 5.12. The van der Waals surface area contributed by atoms with Crippen molar-refractivity contribution in [2.75, 3.05) is 13.7 Å². The quantitative estimate of drug-likeness (QED) is 0.834. The van der Waals surface area contributed by atoms with Gasteiger partial charge in [0.2, 0.25) is 0 Å². The van der Waals surface area contributed by atoms with Crippen LogP contribution < -0.4 is 10.1 Å². The normalized spacial score (nSPS) is 23.5. The molecule has 6 nitrogen and oxygen atoms in total. The molecule has 2 unspecified atom stereocenters. The third-order valence-corrected chi connectivity index (χ3v) is 5.06. The molecule has 2 atom stereocenters. The molecule has 2 fully saturated rings. The van der Waals surface area contributed by atoms with Gasteiger partial charge in [-0.3, -0.25) is 0 Å². The van der Waals surface area contributed by atoms with Crippen molar-refractivity contribution in [2.24, 2.45) is 0 Å². The maximum Gasteiger partial charge on any atom is 0.328 e. The molecule has 1 aromatic carbocycles. The molecule has 2 amide bonds. The second-order valence-corrected chi connectivity index (χ2v) is 6.88. The van der Waals surface area contributed by atoms with Gasteiger partial charge in [-0.15, -0.1) is 0 Å². The van der Waals surface area contributed by atoms with Gasteiger partial charge in [0.15, 0.2) is 11.6 Å². The second-order valence-electron chi connectivity index (χ2n) is 6.88. The van der Waals surface area contributed by atoms with E-state index in [9.17, 15) is 14.0 Å². The minimum absolute atomic E-state index is 0.121. The predicted octanol–water partition coefficient (Wildman–Crippen LogP) is 2.86. The summed E-state index contributed by atoms with van der Waals surface area (Å²) in [7, 11) is 1.30. The van der Waals surface area contributed by atoms with Gasteiger partial charge >= 0.3 is 12.0 Å². The summed E-state index contributed by atoms with van der Waals surface area (Å²) in [5.41, 5.74) is 0. The highest BCUT2D eigenvalue weighted by Gasteiger charge is 2.42. The average molecular weight is 364 g/mol. The van der Waals surface area contributed by atoms with Crippen LogP contribution in [-0.2, 0) is 9.53 Å². The SMILES string of the molecule is COC(=O)C1CC(Oc2ccccc2F)CN1C(=O)NC1CCCCC1. The van der Waals surface area contributed by atoms with Gasteiger partial charge in [0.25, 0.3) is 0 Å². The molecule has 3 rings (SSSR count). The molecule has 1 aromatic rings. The minimum atomic E-state index is -0.722. The summed E-state index contributed by atoms with van der Waals surface area (Å²) in [4.78, 5) is 26.2. The molecule has 7 heteroatoms. The number of methoxy groups -OCH3 is 1. The van der Waals surface area contributed by atoms with E-state index in [0.29, 0.717) is 0 Å². The fourth-order valence-electron chi connectivity index (χ4n) is 3.69. The highest BCUT2D eigenvalue weighted by molar-refractivity contribution is 5.84. The largest absolute Gasteiger partial charge is 0.485 e. The first-order valence-corrected chi connectivity index (χ1v) is 9.14. The van der Waals surface area contributed by atoms with Crippen molar-refractivity contribution < 1.29 is 23.5 Å². The van der Waals surface area contributed by atoms with Crippen LogP contribution in [0.2, 0.25) is 0 Å². The zero-order valence-corrected chi connectivity index (χ0v) is 14.9. The molecule has 26 heavy (non-hydrogen) atoms. The number of carbonyl (C=O) groups is 2. The third kappa shape index (κ3) is 4.26. The topological polar surface area (TPSA) is 67.9 Å². The first-order valence-electron chi connectivity index (χ1n) is 9.14. The Kier molecular flexibility index (Phi) is 5.96. The Bertz CT molecular complexity index is 648. The Morgan fingerprint density at radius 3 is 2.62 bits per heavy atom. The van der Waals surface area contributed by atoms with E-state index in [0.717, 1.165) is 25.7 Å². The summed E-state index contributed by atoms with van der Waals surface area (Å²) in [5, 5.41) is 3.02. The lowest BCUT2D eigenvalue weighted by molar-refractivity contribution is -0.145. The minimum Gasteiger partial charge on any atom is -0.485 e. The lowest BCUT2D eigenvalue weighted by Crippen LogP contribution is -2.50. The Hall–Kier alpha value is -2.31. The number of hydrogen-bond acceptors (Lipinski definition) is 4. The van der Waals surface area contributed by atoms with Gasteiger partial charge in [-0.1, -0.05) is 31.4 Å². The number of hydrogen-bond donors (Lipinski definition) is 1. The number of para-hydroxylation sites is 1. The monoisotopic (exact) mass is 364 g/mol. The molecule has 0 bridgehead atoms. The molecule has 1 saturated heterocycles. The van der Waals surface area contributed by atoms with Crippen LogP contribution in [-0.4, -0.2) is 48.7 Å². The van der Waals surface area contributed by atoms with Crippen LogP contribution >= 0.6 is 0 Å². The molecule has 1 aliphatic heterocycles. The number of amides is 2. The summed E-state index contributed by atoms with van der Waals surface area (Å²) >= 11 is 0. The lowest BCUT2D eigenvalue weighted by atomic mass is 9.96. The molecule has 0 aromatic heterocycles. The Balaban J connectivity index is 1.67. The highest BCUT2D eigenvalue weighted by atomic mass is 19.1. The molecule has 0 radical (unpaired) electrons. The summed E-state index contributed by atoms with van der Waals surface area (Å²) in [6, 6.07) is 5.24. The second kappa shape index (κ2) is 8.38. The Morgan fingerprint density at radius 2 is 1.92 bits per heavy atom. The van der Waals surface area contributed by atoms with E-state index in [1.807, 2.05) is 0 Å². The number of rotatable bonds is 4. The van der Waals surface area contributed by atoms with Crippen LogP contribution in [0, 0.1) is 5.82 Å². The number of carbonyl (C=O) groups excluding carboxylic acids is 2. The van der Waals surface area contributed by atoms with E-state index in [4.69, 9.17) is 9.47 Å². The van der Waals surface area contributed by atoms with Gasteiger partial charge in [0.05, 0.1) is 13.7 Å². The van der Waals surface area contributed by atoms with Crippen LogP contribution in [0.4, 0.5) is 9.18 Å². The first kappa shape index (κ1) is 18.5. The number of likely N-dealkylation sites (tertiary alicyclic amines) is 1. The maximum absolute atomic E-state index is 13.8. The number of urea groups is 1. The van der Waals surface area contributed by atoms with Crippen molar-refractivity contribution in [3.8, 4) is 5.75 Å². The third-order valence-electron chi connectivity index (χ3n) is 5.06. The molecular formula is C19H25FN2O4. The van der Waals surface area contributed by atoms with E-state index in [1.54, 1.807) is 12.1 Å². The van der Waals surface area contributed by atoms with Crippen molar-refractivity contribution in [3.63, 3.8) is 0 Å². The van der Waals surface area contributed by atoms with Gasteiger partial charge in [-0.2, -0.15) is 0 Å². The lowest BCUT2D eigenvalue weighted by Gasteiger charge is -2.28. The molecule has 1 N–H and O–H groups in total. The molecule has 142 valence electrons. The van der Waals surface area contributed by atoms with Gasteiger partial charge in [0.1, 0.15) is 12.1 Å². The summed E-state index contributed by atoms with van der Waals surface area (Å²) in [6.45, 7) is 0.215. The van der Waals surface area contributed by atoms with Gasteiger partial charge < -0.3 is 19.7 Å². The van der Waals surface area contributed by atoms with E-state index >= 15 is 0 Å². The van der Waals surface area contributed by atoms with Crippen molar-refractivity contribution in [3.05, 3.63) is 30.1 Å². The molecule has 1 heterocycles. The molecule has 1 aliphatic carbocycles.